The molecular weight excluding hydrogens is 350 g/mol. The van der Waals surface area contributed by atoms with Gasteiger partial charge in [-0.25, -0.2) is 0 Å². The van der Waals surface area contributed by atoms with E-state index in [4.69, 9.17) is 5.73 Å². The minimum atomic E-state index is -0.0271. The van der Waals surface area contributed by atoms with Crippen LogP contribution < -0.4 is 5.73 Å². The van der Waals surface area contributed by atoms with Crippen molar-refractivity contribution in [1.29, 1.82) is 0 Å². The molecule has 2 amide bonds. The first-order chi connectivity index (χ1) is 12.1. The zero-order chi connectivity index (χ0) is 17.8. The van der Waals surface area contributed by atoms with Gasteiger partial charge in [0.25, 0.3) is 11.8 Å². The molecular formula is C20H24ClN3O2. The normalized spacial score (nSPS) is 14.3. The van der Waals surface area contributed by atoms with E-state index in [0.717, 1.165) is 12.0 Å². The Morgan fingerprint density at radius 1 is 0.846 bits per heavy atom. The Hall–Kier alpha value is -2.53. The third-order valence-corrected chi connectivity index (χ3v) is 4.62. The molecule has 2 aromatic rings. The fourth-order valence-corrected chi connectivity index (χ4v) is 3.04. The first-order valence-electron chi connectivity index (χ1n) is 8.56. The van der Waals surface area contributed by atoms with Crippen molar-refractivity contribution in [2.75, 3.05) is 31.9 Å². The lowest BCUT2D eigenvalue weighted by Gasteiger charge is -2.22. The highest BCUT2D eigenvalue weighted by Crippen LogP contribution is 2.16. The largest absolute Gasteiger partial charge is 0.398 e. The van der Waals surface area contributed by atoms with Gasteiger partial charge in [-0.05, 0) is 43.2 Å². The highest BCUT2D eigenvalue weighted by atomic mass is 35.5. The molecule has 0 radical (unpaired) electrons. The van der Waals surface area contributed by atoms with Gasteiger partial charge in [0.15, 0.2) is 0 Å². The van der Waals surface area contributed by atoms with Gasteiger partial charge in [-0.15, -0.1) is 12.4 Å². The lowest BCUT2D eigenvalue weighted by Crippen LogP contribution is -2.37. The fraction of sp³-hybridized carbons (Fsp3) is 0.300. The molecule has 1 fully saturated rings. The monoisotopic (exact) mass is 373 g/mol. The third-order valence-electron chi connectivity index (χ3n) is 4.62. The molecule has 0 aliphatic carbocycles. The van der Waals surface area contributed by atoms with Crippen LogP contribution in [0.25, 0.3) is 0 Å². The highest BCUT2D eigenvalue weighted by molar-refractivity contribution is 5.96. The minimum absolute atomic E-state index is 0. The van der Waals surface area contributed by atoms with Crippen molar-refractivity contribution >= 4 is 29.9 Å². The van der Waals surface area contributed by atoms with Crippen LogP contribution in [0.1, 0.15) is 32.7 Å². The number of nitrogens with zero attached hydrogens (tertiary/aromatic N) is 2. The van der Waals surface area contributed by atoms with Crippen molar-refractivity contribution in [2.24, 2.45) is 0 Å². The predicted octanol–water partition coefficient (Wildman–Crippen LogP) is 2.99. The SMILES string of the molecule is Cc1ccc(C(=O)N2CCCN(C(=O)c3ccccc3)CC2)cc1N.Cl. The minimum Gasteiger partial charge on any atom is -0.398 e. The molecule has 0 atom stereocenters. The van der Waals surface area contributed by atoms with Gasteiger partial charge in [-0.2, -0.15) is 0 Å². The van der Waals surface area contributed by atoms with Gasteiger partial charge in [0.05, 0.1) is 0 Å². The summed E-state index contributed by atoms with van der Waals surface area (Å²) in [6.45, 7) is 4.30. The van der Waals surface area contributed by atoms with Crippen LogP contribution in [0.2, 0.25) is 0 Å². The average molecular weight is 374 g/mol. The molecule has 0 bridgehead atoms. The van der Waals surface area contributed by atoms with E-state index >= 15 is 0 Å². The molecule has 6 heteroatoms. The van der Waals surface area contributed by atoms with Crippen LogP contribution in [0, 0.1) is 6.92 Å². The summed E-state index contributed by atoms with van der Waals surface area (Å²) in [7, 11) is 0. The number of anilines is 1. The molecule has 0 unspecified atom stereocenters. The molecule has 2 aromatic carbocycles. The number of amides is 2. The summed E-state index contributed by atoms with van der Waals surface area (Å²) in [5.41, 5.74) is 8.80. The van der Waals surface area contributed by atoms with Crippen molar-refractivity contribution in [3.8, 4) is 0 Å². The summed E-state index contributed by atoms with van der Waals surface area (Å²) >= 11 is 0. The third kappa shape index (κ3) is 4.35. The van der Waals surface area contributed by atoms with Gasteiger partial charge in [-0.3, -0.25) is 9.59 Å². The summed E-state index contributed by atoms with van der Waals surface area (Å²) in [6.07, 6.45) is 0.770. The lowest BCUT2D eigenvalue weighted by atomic mass is 10.1. The zero-order valence-corrected chi connectivity index (χ0v) is 15.7. The topological polar surface area (TPSA) is 66.6 Å². The summed E-state index contributed by atoms with van der Waals surface area (Å²) in [5, 5.41) is 0. The number of carbonyl (C=O) groups excluding carboxylic acids is 2. The maximum Gasteiger partial charge on any atom is 0.253 e. The van der Waals surface area contributed by atoms with Gasteiger partial charge < -0.3 is 15.5 Å². The number of halogens is 1. The maximum atomic E-state index is 12.7. The van der Waals surface area contributed by atoms with Gasteiger partial charge in [0, 0.05) is 43.0 Å². The Balaban J connectivity index is 0.00000243. The second kappa shape index (κ2) is 8.72. The Bertz CT molecular complexity index is 780. The number of benzene rings is 2. The van der Waals surface area contributed by atoms with Crippen molar-refractivity contribution in [3.63, 3.8) is 0 Å². The summed E-state index contributed by atoms with van der Waals surface area (Å²) in [5.74, 6) is -0.00445. The number of carbonyl (C=O) groups is 2. The quantitative estimate of drug-likeness (QED) is 0.823. The summed E-state index contributed by atoms with van der Waals surface area (Å²) in [4.78, 5) is 28.9. The van der Waals surface area contributed by atoms with Crippen LogP contribution in [0.3, 0.4) is 0 Å². The van der Waals surface area contributed by atoms with E-state index in [-0.39, 0.29) is 24.2 Å². The molecule has 1 heterocycles. The van der Waals surface area contributed by atoms with E-state index < -0.39 is 0 Å². The second-order valence-electron chi connectivity index (χ2n) is 6.38. The Morgan fingerprint density at radius 3 is 2.00 bits per heavy atom. The van der Waals surface area contributed by atoms with Crippen molar-refractivity contribution in [1.82, 2.24) is 9.80 Å². The molecule has 1 aliphatic heterocycles. The summed E-state index contributed by atoms with van der Waals surface area (Å²) in [6, 6.07) is 14.7. The molecule has 3 rings (SSSR count). The zero-order valence-electron chi connectivity index (χ0n) is 14.9. The van der Waals surface area contributed by atoms with E-state index in [0.29, 0.717) is 43.0 Å². The van der Waals surface area contributed by atoms with Gasteiger partial charge in [0.2, 0.25) is 0 Å². The number of aryl methyl sites for hydroxylation is 1. The highest BCUT2D eigenvalue weighted by Gasteiger charge is 2.23. The number of hydrogen-bond donors (Lipinski definition) is 1. The van der Waals surface area contributed by atoms with Gasteiger partial charge in [0.1, 0.15) is 0 Å². The van der Waals surface area contributed by atoms with E-state index in [1.165, 1.54) is 0 Å². The first-order valence-corrected chi connectivity index (χ1v) is 8.56. The van der Waals surface area contributed by atoms with Crippen LogP contribution in [-0.2, 0) is 0 Å². The first kappa shape index (κ1) is 19.8. The standard InChI is InChI=1S/C20H23N3O2.ClH/c1-15-8-9-17(14-18(15)21)20(25)23-11-5-10-22(12-13-23)19(24)16-6-3-2-4-7-16;/h2-4,6-9,14H,5,10-13,21H2,1H3;1H. The number of rotatable bonds is 2. The molecule has 0 aromatic heterocycles. The predicted molar refractivity (Wildman–Crippen MR) is 106 cm³/mol. The smallest absolute Gasteiger partial charge is 0.253 e. The van der Waals surface area contributed by atoms with Gasteiger partial charge in [-0.1, -0.05) is 24.3 Å². The molecule has 2 N–H and O–H groups in total. The molecule has 0 spiro atoms. The second-order valence-corrected chi connectivity index (χ2v) is 6.38. The fourth-order valence-electron chi connectivity index (χ4n) is 3.04. The Kier molecular flexibility index (Phi) is 6.64. The van der Waals surface area contributed by atoms with Crippen LogP contribution in [0.5, 0.6) is 0 Å². The van der Waals surface area contributed by atoms with E-state index in [1.54, 1.807) is 6.07 Å². The maximum absolute atomic E-state index is 12.7. The lowest BCUT2D eigenvalue weighted by molar-refractivity contribution is 0.0719. The number of nitrogen functional groups attached to an aromatic ring is 1. The van der Waals surface area contributed by atoms with Crippen molar-refractivity contribution in [2.45, 2.75) is 13.3 Å². The van der Waals surface area contributed by atoms with Crippen LogP contribution in [0.4, 0.5) is 5.69 Å². The van der Waals surface area contributed by atoms with Crippen molar-refractivity contribution < 1.29 is 9.59 Å². The summed E-state index contributed by atoms with van der Waals surface area (Å²) < 4.78 is 0. The molecule has 5 nitrogen and oxygen atoms in total. The van der Waals surface area contributed by atoms with Crippen LogP contribution >= 0.6 is 12.4 Å². The van der Waals surface area contributed by atoms with E-state index in [9.17, 15) is 9.59 Å². The molecule has 26 heavy (non-hydrogen) atoms. The van der Waals surface area contributed by atoms with Crippen LogP contribution in [0.15, 0.2) is 48.5 Å². The Morgan fingerprint density at radius 2 is 1.42 bits per heavy atom. The molecule has 138 valence electrons. The average Bonchev–Trinajstić information content (AvgIpc) is 2.89. The van der Waals surface area contributed by atoms with Crippen molar-refractivity contribution in [3.05, 3.63) is 65.2 Å². The van der Waals surface area contributed by atoms with E-state index in [2.05, 4.69) is 0 Å². The van der Waals surface area contributed by atoms with Gasteiger partial charge >= 0.3 is 0 Å². The molecule has 0 saturated carbocycles. The molecule has 1 aliphatic rings. The number of hydrogen-bond acceptors (Lipinski definition) is 3. The molecule has 1 saturated heterocycles. The van der Waals surface area contributed by atoms with E-state index in [1.807, 2.05) is 59.2 Å². The van der Waals surface area contributed by atoms with Crippen LogP contribution in [-0.4, -0.2) is 47.8 Å². The Labute approximate surface area is 160 Å². The number of nitrogens with two attached hydrogens (primary N) is 1.